The van der Waals surface area contributed by atoms with Crippen molar-refractivity contribution in [2.45, 2.75) is 31.1 Å². The summed E-state index contributed by atoms with van der Waals surface area (Å²) >= 11 is 0. The summed E-state index contributed by atoms with van der Waals surface area (Å²) in [5.74, 6) is 2.49. The standard InChI is InChI=1S/C21H21NO/c1-22-10-9-17-18(13-5-7-16(23-2)8-6-13)12-19-14-3-4-15(11-14)20(19)21(17)22/h5-10,12,14-15H,3-4,11H2,1-2H3. The molecule has 0 radical (unpaired) electrons. The molecule has 2 aliphatic rings. The number of hydrogen-bond donors (Lipinski definition) is 0. The summed E-state index contributed by atoms with van der Waals surface area (Å²) in [6, 6.07) is 13.2. The molecule has 2 unspecified atom stereocenters. The molecule has 2 aromatic carbocycles. The molecule has 0 N–H and O–H groups in total. The summed E-state index contributed by atoms with van der Waals surface area (Å²) in [4.78, 5) is 0. The molecule has 0 amide bonds. The van der Waals surface area contributed by atoms with Crippen LogP contribution in [-0.4, -0.2) is 11.7 Å². The smallest absolute Gasteiger partial charge is 0.118 e. The monoisotopic (exact) mass is 303 g/mol. The van der Waals surface area contributed by atoms with Crippen LogP contribution in [0.15, 0.2) is 42.6 Å². The molecular formula is C21H21NO. The van der Waals surface area contributed by atoms with Crippen molar-refractivity contribution in [1.29, 1.82) is 0 Å². The van der Waals surface area contributed by atoms with Gasteiger partial charge < -0.3 is 9.30 Å². The van der Waals surface area contributed by atoms with E-state index in [4.69, 9.17) is 4.74 Å². The summed E-state index contributed by atoms with van der Waals surface area (Å²) in [5.41, 5.74) is 7.37. The fourth-order valence-corrected chi connectivity index (χ4v) is 4.83. The second-order valence-electron chi connectivity index (χ2n) is 7.05. The average molecular weight is 303 g/mol. The Labute approximate surface area is 136 Å². The maximum absolute atomic E-state index is 5.31. The van der Waals surface area contributed by atoms with Gasteiger partial charge in [-0.05, 0) is 77.6 Å². The quantitative estimate of drug-likeness (QED) is 0.633. The predicted octanol–water partition coefficient (Wildman–Crippen LogP) is 5.22. The zero-order chi connectivity index (χ0) is 15.6. The summed E-state index contributed by atoms with van der Waals surface area (Å²) in [6.07, 6.45) is 6.32. The van der Waals surface area contributed by atoms with E-state index in [0.717, 1.165) is 17.6 Å². The van der Waals surface area contributed by atoms with Gasteiger partial charge in [-0.3, -0.25) is 0 Å². The SMILES string of the molecule is COc1ccc(-c2cc3c(c4c2ccn4C)C2CCC3C2)cc1. The number of aryl methyl sites for hydroxylation is 1. The van der Waals surface area contributed by atoms with Crippen molar-refractivity contribution in [3.8, 4) is 16.9 Å². The highest BCUT2D eigenvalue weighted by molar-refractivity contribution is 5.99. The van der Waals surface area contributed by atoms with E-state index in [0.29, 0.717) is 0 Å². The Morgan fingerprint density at radius 3 is 2.61 bits per heavy atom. The molecule has 0 saturated heterocycles. The molecule has 5 rings (SSSR count). The topological polar surface area (TPSA) is 14.2 Å². The summed E-state index contributed by atoms with van der Waals surface area (Å²) in [7, 11) is 3.91. The molecule has 2 atom stereocenters. The van der Waals surface area contributed by atoms with Gasteiger partial charge in [0.25, 0.3) is 0 Å². The first-order valence-electron chi connectivity index (χ1n) is 8.52. The van der Waals surface area contributed by atoms with E-state index in [1.165, 1.54) is 41.3 Å². The number of hydrogen-bond acceptors (Lipinski definition) is 1. The van der Waals surface area contributed by atoms with E-state index < -0.39 is 0 Å². The van der Waals surface area contributed by atoms with Crippen LogP contribution in [0.4, 0.5) is 0 Å². The summed E-state index contributed by atoms with van der Waals surface area (Å²) in [5, 5.41) is 1.39. The molecule has 2 bridgehead atoms. The minimum absolute atomic E-state index is 0.784. The van der Waals surface area contributed by atoms with E-state index >= 15 is 0 Å². The van der Waals surface area contributed by atoms with E-state index in [1.54, 1.807) is 18.2 Å². The van der Waals surface area contributed by atoms with Crippen molar-refractivity contribution in [1.82, 2.24) is 4.57 Å². The second-order valence-corrected chi connectivity index (χ2v) is 7.05. The minimum atomic E-state index is 0.784. The fraction of sp³-hybridized carbons (Fsp3) is 0.333. The van der Waals surface area contributed by atoms with E-state index in [-0.39, 0.29) is 0 Å². The molecule has 116 valence electrons. The Balaban J connectivity index is 1.79. The van der Waals surface area contributed by atoms with Gasteiger partial charge >= 0.3 is 0 Å². The van der Waals surface area contributed by atoms with Crippen molar-refractivity contribution in [3.63, 3.8) is 0 Å². The van der Waals surface area contributed by atoms with E-state index in [1.807, 2.05) is 0 Å². The maximum atomic E-state index is 5.31. The van der Waals surface area contributed by atoms with Crippen LogP contribution in [0.2, 0.25) is 0 Å². The van der Waals surface area contributed by atoms with Gasteiger partial charge in [0, 0.05) is 18.6 Å². The van der Waals surface area contributed by atoms with Crippen LogP contribution >= 0.6 is 0 Å². The summed E-state index contributed by atoms with van der Waals surface area (Å²) < 4.78 is 7.63. The number of ether oxygens (including phenoxy) is 1. The lowest BCUT2D eigenvalue weighted by molar-refractivity contribution is 0.415. The highest BCUT2D eigenvalue weighted by Crippen LogP contribution is 2.56. The molecule has 1 aromatic heterocycles. The lowest BCUT2D eigenvalue weighted by atomic mass is 9.86. The molecule has 0 spiro atoms. The zero-order valence-electron chi connectivity index (χ0n) is 13.7. The van der Waals surface area contributed by atoms with Crippen molar-refractivity contribution in [2.75, 3.05) is 7.11 Å². The van der Waals surface area contributed by atoms with Crippen LogP contribution in [0.1, 0.15) is 42.2 Å². The number of fused-ring (bicyclic) bond motifs is 7. The molecule has 2 aliphatic carbocycles. The third kappa shape index (κ3) is 1.75. The van der Waals surface area contributed by atoms with Crippen LogP contribution in [0.5, 0.6) is 5.75 Å². The molecule has 1 heterocycles. The summed E-state index contributed by atoms with van der Waals surface area (Å²) in [6.45, 7) is 0. The maximum Gasteiger partial charge on any atom is 0.118 e. The van der Waals surface area contributed by atoms with Gasteiger partial charge in [-0.15, -0.1) is 0 Å². The van der Waals surface area contributed by atoms with E-state index in [2.05, 4.69) is 54.2 Å². The van der Waals surface area contributed by atoms with Gasteiger partial charge in [0.1, 0.15) is 5.75 Å². The molecule has 0 aliphatic heterocycles. The normalized spacial score (nSPS) is 21.8. The Morgan fingerprint density at radius 1 is 1.04 bits per heavy atom. The van der Waals surface area contributed by atoms with Crippen molar-refractivity contribution < 1.29 is 4.74 Å². The largest absolute Gasteiger partial charge is 0.497 e. The minimum Gasteiger partial charge on any atom is -0.497 e. The molecule has 1 fully saturated rings. The predicted molar refractivity (Wildman–Crippen MR) is 94.2 cm³/mol. The first-order chi connectivity index (χ1) is 11.3. The average Bonchev–Trinajstić information content (AvgIpc) is 3.29. The van der Waals surface area contributed by atoms with Gasteiger partial charge in [-0.1, -0.05) is 12.1 Å². The van der Waals surface area contributed by atoms with Crippen LogP contribution in [0.25, 0.3) is 22.0 Å². The van der Waals surface area contributed by atoms with Crippen LogP contribution in [0.3, 0.4) is 0 Å². The number of aromatic nitrogens is 1. The highest BCUT2D eigenvalue weighted by atomic mass is 16.5. The lowest BCUT2D eigenvalue weighted by Crippen LogP contribution is -2.02. The Kier molecular flexibility index (Phi) is 2.67. The first-order valence-corrected chi connectivity index (χ1v) is 8.52. The second kappa shape index (κ2) is 4.64. The van der Waals surface area contributed by atoms with Gasteiger partial charge in [-0.25, -0.2) is 0 Å². The van der Waals surface area contributed by atoms with Crippen LogP contribution in [-0.2, 0) is 7.05 Å². The molecule has 1 saturated carbocycles. The Hall–Kier alpha value is -2.22. The molecule has 3 aromatic rings. The fourth-order valence-electron chi connectivity index (χ4n) is 4.83. The number of nitrogens with zero attached hydrogens (tertiary/aromatic N) is 1. The third-order valence-electron chi connectivity index (χ3n) is 5.91. The third-order valence-corrected chi connectivity index (χ3v) is 5.91. The lowest BCUT2D eigenvalue weighted by Gasteiger charge is -2.19. The highest BCUT2D eigenvalue weighted by Gasteiger charge is 2.39. The zero-order valence-corrected chi connectivity index (χ0v) is 13.7. The van der Waals surface area contributed by atoms with Gasteiger partial charge in [0.2, 0.25) is 0 Å². The van der Waals surface area contributed by atoms with Crippen LogP contribution < -0.4 is 4.74 Å². The Bertz CT molecular complexity index is 904. The molecule has 2 nitrogen and oxygen atoms in total. The molecule has 23 heavy (non-hydrogen) atoms. The van der Waals surface area contributed by atoms with Crippen LogP contribution in [0, 0.1) is 0 Å². The van der Waals surface area contributed by atoms with Gasteiger partial charge in [0.05, 0.1) is 12.6 Å². The molecule has 2 heteroatoms. The van der Waals surface area contributed by atoms with Crippen molar-refractivity contribution in [2.24, 2.45) is 7.05 Å². The number of benzene rings is 2. The molecular weight excluding hydrogens is 282 g/mol. The number of rotatable bonds is 2. The van der Waals surface area contributed by atoms with Gasteiger partial charge in [0.15, 0.2) is 0 Å². The van der Waals surface area contributed by atoms with Crippen molar-refractivity contribution >= 4 is 10.9 Å². The van der Waals surface area contributed by atoms with Gasteiger partial charge in [-0.2, -0.15) is 0 Å². The van der Waals surface area contributed by atoms with E-state index in [9.17, 15) is 0 Å². The number of methoxy groups -OCH3 is 1. The van der Waals surface area contributed by atoms with Crippen molar-refractivity contribution in [3.05, 3.63) is 53.7 Å². The Morgan fingerprint density at radius 2 is 1.83 bits per heavy atom. The first kappa shape index (κ1) is 13.2.